The van der Waals surface area contributed by atoms with Crippen molar-refractivity contribution in [2.24, 2.45) is 0 Å². The Morgan fingerprint density at radius 2 is 2.06 bits per heavy atom. The number of fused-ring (bicyclic) bond motifs is 1. The summed E-state index contributed by atoms with van der Waals surface area (Å²) in [6.45, 7) is 0. The zero-order valence-electron chi connectivity index (χ0n) is 8.98. The second kappa shape index (κ2) is 3.63. The van der Waals surface area contributed by atoms with E-state index in [1.54, 1.807) is 0 Å². The second-order valence-corrected chi connectivity index (χ2v) is 4.29. The molecule has 4 heteroatoms. The van der Waals surface area contributed by atoms with E-state index in [4.69, 9.17) is 5.73 Å². The number of rotatable bonds is 1. The van der Waals surface area contributed by atoms with E-state index in [0.717, 1.165) is 25.1 Å². The molecule has 0 saturated heterocycles. The lowest BCUT2D eigenvalue weighted by Gasteiger charge is -2.22. The number of benzene rings is 1. The topological polar surface area (TPSA) is 67.6 Å². The zero-order valence-corrected chi connectivity index (χ0v) is 8.98. The van der Waals surface area contributed by atoms with Crippen molar-refractivity contribution in [2.75, 3.05) is 5.73 Å². The van der Waals surface area contributed by atoms with Crippen LogP contribution < -0.4 is 5.73 Å². The third kappa shape index (κ3) is 1.56. The summed E-state index contributed by atoms with van der Waals surface area (Å²) in [5.41, 5.74) is 8.42. The summed E-state index contributed by atoms with van der Waals surface area (Å²) in [6.07, 6.45) is 3.26. The molecule has 1 aliphatic carbocycles. The van der Waals surface area contributed by atoms with Crippen molar-refractivity contribution in [3.8, 4) is 0 Å². The van der Waals surface area contributed by atoms with Gasteiger partial charge in [0.15, 0.2) is 0 Å². The predicted molar refractivity (Wildman–Crippen MR) is 62.0 cm³/mol. The van der Waals surface area contributed by atoms with E-state index in [1.807, 2.05) is 0 Å². The monoisotopic (exact) mass is 214 g/mol. The van der Waals surface area contributed by atoms with Gasteiger partial charge in [0.1, 0.15) is 5.82 Å². The zero-order chi connectivity index (χ0) is 11.0. The van der Waals surface area contributed by atoms with Crippen molar-refractivity contribution >= 4 is 5.95 Å². The Morgan fingerprint density at radius 1 is 1.25 bits per heavy atom. The molecule has 0 radical (unpaired) electrons. The first-order valence-electron chi connectivity index (χ1n) is 5.57. The molecule has 0 bridgehead atoms. The van der Waals surface area contributed by atoms with Crippen LogP contribution in [0.3, 0.4) is 0 Å². The molecule has 1 aliphatic rings. The minimum absolute atomic E-state index is 0.342. The maximum atomic E-state index is 5.53. The number of nitrogen functional groups attached to an aromatic ring is 1. The molecular formula is C12H14N4. The number of nitrogens with two attached hydrogens (primary N) is 1. The summed E-state index contributed by atoms with van der Waals surface area (Å²) >= 11 is 0. The first-order chi connectivity index (χ1) is 7.83. The van der Waals surface area contributed by atoms with Crippen LogP contribution in [0.4, 0.5) is 5.95 Å². The van der Waals surface area contributed by atoms with Gasteiger partial charge in [0, 0.05) is 5.92 Å². The SMILES string of the molecule is Nc1n[nH]c(C2CCc3ccccc3C2)n1. The lowest BCUT2D eigenvalue weighted by atomic mass is 9.83. The molecule has 2 aromatic rings. The maximum absolute atomic E-state index is 5.53. The fourth-order valence-electron chi connectivity index (χ4n) is 2.40. The molecule has 4 nitrogen and oxygen atoms in total. The fraction of sp³-hybridized carbons (Fsp3) is 0.333. The molecule has 3 N–H and O–H groups in total. The Morgan fingerprint density at radius 3 is 2.81 bits per heavy atom. The van der Waals surface area contributed by atoms with Crippen LogP contribution in [0.5, 0.6) is 0 Å². The molecule has 0 amide bonds. The quantitative estimate of drug-likeness (QED) is 0.758. The smallest absolute Gasteiger partial charge is 0.239 e. The van der Waals surface area contributed by atoms with Gasteiger partial charge in [0.05, 0.1) is 0 Å². The Kier molecular flexibility index (Phi) is 2.13. The lowest BCUT2D eigenvalue weighted by Crippen LogP contribution is -2.13. The number of aryl methyl sites for hydroxylation is 1. The molecular weight excluding hydrogens is 200 g/mol. The molecule has 0 aliphatic heterocycles. The molecule has 1 heterocycles. The molecule has 0 fully saturated rings. The molecule has 1 aromatic carbocycles. The minimum Gasteiger partial charge on any atom is -0.367 e. The van der Waals surface area contributed by atoms with Gasteiger partial charge in [-0.2, -0.15) is 4.98 Å². The van der Waals surface area contributed by atoms with Gasteiger partial charge in [0.2, 0.25) is 5.95 Å². The molecule has 82 valence electrons. The van der Waals surface area contributed by atoms with Gasteiger partial charge in [-0.15, -0.1) is 5.10 Å². The van der Waals surface area contributed by atoms with Crippen LogP contribution in [-0.2, 0) is 12.8 Å². The van der Waals surface area contributed by atoms with Crippen LogP contribution in [0, 0.1) is 0 Å². The van der Waals surface area contributed by atoms with Gasteiger partial charge in [0.25, 0.3) is 0 Å². The molecule has 1 aromatic heterocycles. The van der Waals surface area contributed by atoms with Gasteiger partial charge in [-0.25, -0.2) is 0 Å². The standard InChI is InChI=1S/C12H14N4/c13-12-14-11(15-16-12)10-6-5-8-3-1-2-4-9(8)7-10/h1-4,10H,5-7H2,(H3,13,14,15,16). The van der Waals surface area contributed by atoms with Gasteiger partial charge in [-0.3, -0.25) is 5.10 Å². The third-order valence-electron chi connectivity index (χ3n) is 3.25. The summed E-state index contributed by atoms with van der Waals surface area (Å²) in [7, 11) is 0. The summed E-state index contributed by atoms with van der Waals surface area (Å²) in [6, 6.07) is 8.60. The highest BCUT2D eigenvalue weighted by molar-refractivity contribution is 5.31. The highest BCUT2D eigenvalue weighted by Crippen LogP contribution is 2.30. The third-order valence-corrected chi connectivity index (χ3v) is 3.25. The van der Waals surface area contributed by atoms with E-state index in [9.17, 15) is 0 Å². The van der Waals surface area contributed by atoms with E-state index in [2.05, 4.69) is 39.4 Å². The van der Waals surface area contributed by atoms with Crippen molar-refractivity contribution < 1.29 is 0 Å². The van der Waals surface area contributed by atoms with Crippen LogP contribution in [0.2, 0.25) is 0 Å². The number of hydrogen-bond acceptors (Lipinski definition) is 3. The van der Waals surface area contributed by atoms with Crippen molar-refractivity contribution in [3.63, 3.8) is 0 Å². The Labute approximate surface area is 93.9 Å². The maximum Gasteiger partial charge on any atom is 0.239 e. The lowest BCUT2D eigenvalue weighted by molar-refractivity contribution is 0.557. The molecule has 0 spiro atoms. The molecule has 16 heavy (non-hydrogen) atoms. The van der Waals surface area contributed by atoms with Crippen LogP contribution in [0.1, 0.15) is 29.3 Å². The first kappa shape index (κ1) is 9.39. The minimum atomic E-state index is 0.342. The number of nitrogens with zero attached hydrogens (tertiary/aromatic N) is 2. The van der Waals surface area contributed by atoms with Gasteiger partial charge >= 0.3 is 0 Å². The number of nitrogens with one attached hydrogen (secondary N) is 1. The highest BCUT2D eigenvalue weighted by atomic mass is 15.3. The van der Waals surface area contributed by atoms with Crippen molar-refractivity contribution in [1.82, 2.24) is 15.2 Å². The van der Waals surface area contributed by atoms with E-state index in [0.29, 0.717) is 11.9 Å². The van der Waals surface area contributed by atoms with E-state index in [1.165, 1.54) is 11.1 Å². The summed E-state index contributed by atoms with van der Waals surface area (Å²) < 4.78 is 0. The average molecular weight is 214 g/mol. The molecule has 1 unspecified atom stereocenters. The van der Waals surface area contributed by atoms with Crippen molar-refractivity contribution in [2.45, 2.75) is 25.2 Å². The van der Waals surface area contributed by atoms with Gasteiger partial charge in [-0.1, -0.05) is 24.3 Å². The van der Waals surface area contributed by atoms with E-state index < -0.39 is 0 Å². The second-order valence-electron chi connectivity index (χ2n) is 4.29. The van der Waals surface area contributed by atoms with Crippen LogP contribution in [0.25, 0.3) is 0 Å². The Bertz CT molecular complexity index is 503. The van der Waals surface area contributed by atoms with Crippen molar-refractivity contribution in [3.05, 3.63) is 41.2 Å². The Balaban J connectivity index is 1.88. The normalized spacial score (nSPS) is 19.4. The number of aromatic nitrogens is 3. The predicted octanol–water partition coefficient (Wildman–Crippen LogP) is 1.66. The summed E-state index contributed by atoms with van der Waals surface area (Å²) in [5.74, 6) is 1.69. The number of anilines is 1. The molecule has 3 rings (SSSR count). The summed E-state index contributed by atoms with van der Waals surface area (Å²) in [5, 5.41) is 6.81. The van der Waals surface area contributed by atoms with Gasteiger partial charge in [-0.05, 0) is 30.4 Å². The van der Waals surface area contributed by atoms with Gasteiger partial charge < -0.3 is 5.73 Å². The fourth-order valence-corrected chi connectivity index (χ4v) is 2.40. The van der Waals surface area contributed by atoms with Crippen LogP contribution >= 0.6 is 0 Å². The first-order valence-corrected chi connectivity index (χ1v) is 5.57. The van der Waals surface area contributed by atoms with E-state index in [-0.39, 0.29) is 0 Å². The van der Waals surface area contributed by atoms with Crippen molar-refractivity contribution in [1.29, 1.82) is 0 Å². The number of aromatic amines is 1. The van der Waals surface area contributed by atoms with Crippen LogP contribution in [-0.4, -0.2) is 15.2 Å². The average Bonchev–Trinajstić information content (AvgIpc) is 2.75. The van der Waals surface area contributed by atoms with Crippen LogP contribution in [0.15, 0.2) is 24.3 Å². The number of H-pyrrole nitrogens is 1. The van der Waals surface area contributed by atoms with E-state index >= 15 is 0 Å². The molecule has 0 saturated carbocycles. The molecule has 1 atom stereocenters. The highest BCUT2D eigenvalue weighted by Gasteiger charge is 2.22. The Hall–Kier alpha value is -1.84. The number of hydrogen-bond donors (Lipinski definition) is 2. The summed E-state index contributed by atoms with van der Waals surface area (Å²) in [4.78, 5) is 4.22. The largest absolute Gasteiger partial charge is 0.367 e.